The van der Waals surface area contributed by atoms with E-state index in [1.807, 2.05) is 6.92 Å². The Morgan fingerprint density at radius 3 is 2.25 bits per heavy atom. The number of unbranched alkanes of at least 4 members (excludes halogenated alkanes) is 4. The van der Waals surface area contributed by atoms with E-state index in [-0.39, 0.29) is 11.6 Å². The van der Waals surface area contributed by atoms with E-state index in [9.17, 15) is 0 Å². The molecule has 3 heteroatoms. The molecule has 16 heavy (non-hydrogen) atoms. The lowest BCUT2D eigenvalue weighted by Gasteiger charge is -2.33. The van der Waals surface area contributed by atoms with Crippen LogP contribution in [0.1, 0.15) is 66.2 Å². The van der Waals surface area contributed by atoms with Crippen molar-refractivity contribution >= 4 is 0 Å². The summed E-state index contributed by atoms with van der Waals surface area (Å²) in [4.78, 5) is 0. The number of nitrogens with one attached hydrogen (secondary N) is 1. The molecule has 1 atom stereocenters. The predicted molar refractivity (Wildman–Crippen MR) is 70.2 cm³/mol. The highest BCUT2D eigenvalue weighted by atomic mass is 16.5. The summed E-state index contributed by atoms with van der Waals surface area (Å²) in [6, 6.07) is 0.245. The second-order valence-electron chi connectivity index (χ2n) is 4.96. The maximum absolute atomic E-state index is 5.72. The fraction of sp³-hybridized carbons (Fsp3) is 1.00. The van der Waals surface area contributed by atoms with Crippen molar-refractivity contribution in [1.29, 1.82) is 0 Å². The normalized spacial score (nSPS) is 14.1. The largest absolute Gasteiger partial charge is 0.374 e. The van der Waals surface area contributed by atoms with Crippen LogP contribution < -0.4 is 11.3 Å². The average Bonchev–Trinajstić information content (AvgIpc) is 2.23. The highest BCUT2D eigenvalue weighted by molar-refractivity contribution is 4.83. The third kappa shape index (κ3) is 6.46. The molecule has 0 fully saturated rings. The Hall–Kier alpha value is -0.120. The third-order valence-electron chi connectivity index (χ3n) is 3.15. The molecule has 0 saturated heterocycles. The van der Waals surface area contributed by atoms with Gasteiger partial charge in [-0.3, -0.25) is 11.3 Å². The molecule has 0 rings (SSSR count). The van der Waals surface area contributed by atoms with Crippen LogP contribution in [0.3, 0.4) is 0 Å². The molecule has 0 aromatic carbocycles. The first kappa shape index (κ1) is 15.9. The Balaban J connectivity index is 3.81. The molecule has 0 aliphatic heterocycles. The summed E-state index contributed by atoms with van der Waals surface area (Å²) >= 11 is 0. The molecule has 3 N–H and O–H groups in total. The molecular formula is C13H30N2O. The molecule has 3 nitrogen and oxygen atoms in total. The van der Waals surface area contributed by atoms with Gasteiger partial charge in [0.25, 0.3) is 0 Å². The van der Waals surface area contributed by atoms with E-state index in [1.165, 1.54) is 32.1 Å². The number of nitrogens with two attached hydrogens (primary N) is 1. The lowest BCUT2D eigenvalue weighted by Crippen LogP contribution is -2.51. The number of hydrogen-bond acceptors (Lipinski definition) is 3. The highest BCUT2D eigenvalue weighted by Crippen LogP contribution is 2.19. The summed E-state index contributed by atoms with van der Waals surface area (Å²) in [5.41, 5.74) is 2.72. The highest BCUT2D eigenvalue weighted by Gasteiger charge is 2.28. The van der Waals surface area contributed by atoms with Crippen molar-refractivity contribution in [3.8, 4) is 0 Å². The van der Waals surface area contributed by atoms with E-state index >= 15 is 0 Å². The summed E-state index contributed by atoms with van der Waals surface area (Å²) in [5, 5.41) is 0. The molecule has 0 aliphatic carbocycles. The molecule has 0 aromatic rings. The van der Waals surface area contributed by atoms with Gasteiger partial charge in [0.1, 0.15) is 0 Å². The first-order valence-electron chi connectivity index (χ1n) is 6.68. The Labute approximate surface area is 101 Å². The van der Waals surface area contributed by atoms with Crippen LogP contribution >= 0.6 is 0 Å². The fourth-order valence-corrected chi connectivity index (χ4v) is 2.06. The lowest BCUT2D eigenvalue weighted by molar-refractivity contribution is -0.0406. The van der Waals surface area contributed by atoms with Gasteiger partial charge in [-0.25, -0.2) is 0 Å². The molecule has 0 bridgehead atoms. The lowest BCUT2D eigenvalue weighted by atomic mass is 9.93. The van der Waals surface area contributed by atoms with Gasteiger partial charge in [-0.2, -0.15) is 0 Å². The predicted octanol–water partition coefficient (Wildman–Crippen LogP) is 2.99. The minimum Gasteiger partial charge on any atom is -0.374 e. The van der Waals surface area contributed by atoms with Gasteiger partial charge in [-0.15, -0.1) is 0 Å². The van der Waals surface area contributed by atoms with Crippen LogP contribution in [-0.2, 0) is 4.74 Å². The van der Waals surface area contributed by atoms with Gasteiger partial charge < -0.3 is 4.74 Å². The molecule has 0 amide bonds. The van der Waals surface area contributed by atoms with Crippen molar-refractivity contribution < 1.29 is 4.74 Å². The van der Waals surface area contributed by atoms with Gasteiger partial charge >= 0.3 is 0 Å². The van der Waals surface area contributed by atoms with Crippen molar-refractivity contribution in [2.45, 2.75) is 77.9 Å². The quantitative estimate of drug-likeness (QED) is 0.344. The second kappa shape index (κ2) is 8.97. The van der Waals surface area contributed by atoms with E-state index in [0.29, 0.717) is 0 Å². The summed E-state index contributed by atoms with van der Waals surface area (Å²) in [5.74, 6) is 5.60. The summed E-state index contributed by atoms with van der Waals surface area (Å²) < 4.78 is 5.72. The van der Waals surface area contributed by atoms with Gasteiger partial charge in [0.15, 0.2) is 0 Å². The Bertz CT molecular complexity index is 160. The van der Waals surface area contributed by atoms with Gasteiger partial charge in [0, 0.05) is 12.6 Å². The zero-order valence-corrected chi connectivity index (χ0v) is 11.5. The minimum absolute atomic E-state index is 0.172. The summed E-state index contributed by atoms with van der Waals surface area (Å²) in [6.07, 6.45) is 7.59. The Morgan fingerprint density at radius 1 is 1.12 bits per heavy atom. The molecule has 0 radical (unpaired) electrons. The van der Waals surface area contributed by atoms with Gasteiger partial charge in [0.2, 0.25) is 0 Å². The number of hydrazine groups is 1. The average molecular weight is 230 g/mol. The number of hydrogen-bond donors (Lipinski definition) is 2. The van der Waals surface area contributed by atoms with Crippen molar-refractivity contribution in [3.63, 3.8) is 0 Å². The van der Waals surface area contributed by atoms with E-state index in [0.717, 1.165) is 13.0 Å². The summed E-state index contributed by atoms with van der Waals surface area (Å²) in [7, 11) is 0. The molecule has 0 heterocycles. The van der Waals surface area contributed by atoms with E-state index < -0.39 is 0 Å². The van der Waals surface area contributed by atoms with Crippen LogP contribution in [0.2, 0.25) is 0 Å². The zero-order chi connectivity index (χ0) is 12.4. The van der Waals surface area contributed by atoms with Crippen LogP contribution in [0.15, 0.2) is 0 Å². The van der Waals surface area contributed by atoms with Crippen molar-refractivity contribution in [2.24, 2.45) is 5.84 Å². The van der Waals surface area contributed by atoms with Crippen LogP contribution in [0.25, 0.3) is 0 Å². The zero-order valence-electron chi connectivity index (χ0n) is 11.5. The molecule has 0 saturated carbocycles. The molecule has 0 aromatic heterocycles. The molecule has 98 valence electrons. The Morgan fingerprint density at radius 2 is 1.75 bits per heavy atom. The fourth-order valence-electron chi connectivity index (χ4n) is 2.06. The third-order valence-corrected chi connectivity index (χ3v) is 3.15. The van der Waals surface area contributed by atoms with Crippen molar-refractivity contribution in [2.75, 3.05) is 6.61 Å². The standard InChI is InChI=1S/C13H30N2O/c1-5-7-8-9-10-11-12(15-14)13(3,4)16-6-2/h12,15H,5-11,14H2,1-4H3. The topological polar surface area (TPSA) is 47.3 Å². The van der Waals surface area contributed by atoms with Crippen molar-refractivity contribution in [3.05, 3.63) is 0 Å². The van der Waals surface area contributed by atoms with Gasteiger partial charge in [-0.1, -0.05) is 39.0 Å². The smallest absolute Gasteiger partial charge is 0.0792 e. The number of ether oxygens (including phenoxy) is 1. The molecule has 1 unspecified atom stereocenters. The maximum atomic E-state index is 5.72. The molecule has 0 spiro atoms. The SMILES string of the molecule is CCCCCCCC(NN)C(C)(C)OCC. The maximum Gasteiger partial charge on any atom is 0.0792 e. The minimum atomic E-state index is -0.172. The van der Waals surface area contributed by atoms with Gasteiger partial charge in [-0.05, 0) is 27.2 Å². The summed E-state index contributed by atoms with van der Waals surface area (Å²) in [6.45, 7) is 9.21. The monoisotopic (exact) mass is 230 g/mol. The molecular weight excluding hydrogens is 200 g/mol. The van der Waals surface area contributed by atoms with Crippen LogP contribution in [0.5, 0.6) is 0 Å². The van der Waals surface area contributed by atoms with Crippen molar-refractivity contribution in [1.82, 2.24) is 5.43 Å². The van der Waals surface area contributed by atoms with E-state index in [2.05, 4.69) is 26.2 Å². The van der Waals surface area contributed by atoms with Crippen LogP contribution in [0.4, 0.5) is 0 Å². The van der Waals surface area contributed by atoms with E-state index in [4.69, 9.17) is 10.6 Å². The van der Waals surface area contributed by atoms with Crippen LogP contribution in [-0.4, -0.2) is 18.2 Å². The molecule has 0 aliphatic rings. The second-order valence-corrected chi connectivity index (χ2v) is 4.96. The van der Waals surface area contributed by atoms with E-state index in [1.54, 1.807) is 0 Å². The van der Waals surface area contributed by atoms with Crippen LogP contribution in [0, 0.1) is 0 Å². The first-order chi connectivity index (χ1) is 7.58. The van der Waals surface area contributed by atoms with Gasteiger partial charge in [0.05, 0.1) is 5.60 Å². The first-order valence-corrected chi connectivity index (χ1v) is 6.68. The Kier molecular flexibility index (Phi) is 8.90. The number of rotatable bonds is 10.